The van der Waals surface area contributed by atoms with Crippen molar-refractivity contribution in [1.82, 2.24) is 15.5 Å². The van der Waals surface area contributed by atoms with E-state index in [1.54, 1.807) is 46.8 Å². The Labute approximate surface area is 199 Å². The minimum Gasteiger partial charge on any atom is -0.508 e. The molecular weight excluding hydrogens is 444 g/mol. The van der Waals surface area contributed by atoms with E-state index in [1.165, 1.54) is 23.9 Å². The minimum atomic E-state index is -1.18. The highest BCUT2D eigenvalue weighted by molar-refractivity contribution is 7.98. The number of hydrogen-bond acceptors (Lipinski definition) is 7. The Balaban J connectivity index is 3.39. The summed E-state index contributed by atoms with van der Waals surface area (Å²) in [6.07, 6.45) is 1.38. The van der Waals surface area contributed by atoms with E-state index in [9.17, 15) is 24.8 Å². The Bertz CT molecular complexity index is 863. The van der Waals surface area contributed by atoms with Gasteiger partial charge in [0.2, 0.25) is 11.8 Å². The molecule has 2 atom stereocenters. The molecule has 1 aromatic rings. The summed E-state index contributed by atoms with van der Waals surface area (Å²) in [5.41, 5.74) is -0.414. The summed E-state index contributed by atoms with van der Waals surface area (Å²) in [4.78, 5) is 40.2. The van der Waals surface area contributed by atoms with Crippen LogP contribution in [0.2, 0.25) is 0 Å². The van der Waals surface area contributed by atoms with Crippen LogP contribution in [0, 0.1) is 11.3 Å². The predicted octanol–water partition coefficient (Wildman–Crippen LogP) is 2.96. The Kier molecular flexibility index (Phi) is 11.0. The summed E-state index contributed by atoms with van der Waals surface area (Å²) < 4.78 is 5.29. The van der Waals surface area contributed by atoms with Gasteiger partial charge in [0.15, 0.2) is 0 Å². The van der Waals surface area contributed by atoms with Gasteiger partial charge in [0.1, 0.15) is 30.0 Å². The van der Waals surface area contributed by atoms with E-state index in [1.807, 2.05) is 12.3 Å². The first-order valence-electron chi connectivity index (χ1n) is 10.6. The van der Waals surface area contributed by atoms with E-state index >= 15 is 0 Å². The Morgan fingerprint density at radius 2 is 1.91 bits per heavy atom. The van der Waals surface area contributed by atoms with Crippen LogP contribution in [0.1, 0.15) is 52.6 Å². The molecule has 0 aromatic heterocycles. The van der Waals surface area contributed by atoms with Crippen LogP contribution >= 0.6 is 11.8 Å². The largest absolute Gasteiger partial charge is 0.508 e. The molecule has 0 bridgehead atoms. The number of hydrogen-bond donors (Lipinski definition) is 3. The Hall–Kier alpha value is -2.93. The van der Waals surface area contributed by atoms with Crippen molar-refractivity contribution in [3.8, 4) is 11.8 Å². The lowest BCUT2D eigenvalue weighted by molar-refractivity contribution is -0.142. The third-order valence-electron chi connectivity index (χ3n) is 4.30. The van der Waals surface area contributed by atoms with E-state index in [0.29, 0.717) is 11.3 Å². The maximum absolute atomic E-state index is 13.6. The molecule has 0 aliphatic heterocycles. The first kappa shape index (κ1) is 28.1. The molecular formula is C23H34N4O5S. The van der Waals surface area contributed by atoms with Crippen molar-refractivity contribution in [3.63, 3.8) is 0 Å². The highest BCUT2D eigenvalue weighted by Gasteiger charge is 2.36. The number of alkyl carbamates (subject to hydrolysis) is 1. The maximum atomic E-state index is 13.6. The van der Waals surface area contributed by atoms with Crippen LogP contribution in [-0.2, 0) is 14.3 Å². The summed E-state index contributed by atoms with van der Waals surface area (Å²) in [7, 11) is 0. The summed E-state index contributed by atoms with van der Waals surface area (Å²) >= 11 is 1.49. The van der Waals surface area contributed by atoms with Gasteiger partial charge in [-0.25, -0.2) is 4.79 Å². The first-order valence-corrected chi connectivity index (χ1v) is 12.0. The van der Waals surface area contributed by atoms with E-state index in [4.69, 9.17) is 4.74 Å². The number of nitrogens with zero attached hydrogens (tertiary/aromatic N) is 2. The van der Waals surface area contributed by atoms with E-state index in [-0.39, 0.29) is 18.2 Å². The number of thioether (sulfide) groups is 1. The first-order chi connectivity index (χ1) is 15.4. The zero-order valence-corrected chi connectivity index (χ0v) is 20.9. The average molecular weight is 479 g/mol. The highest BCUT2D eigenvalue weighted by Crippen LogP contribution is 2.26. The molecule has 0 aliphatic carbocycles. The van der Waals surface area contributed by atoms with Gasteiger partial charge < -0.3 is 25.4 Å². The monoisotopic (exact) mass is 478 g/mol. The Morgan fingerprint density at radius 1 is 1.24 bits per heavy atom. The lowest BCUT2D eigenvalue weighted by Crippen LogP contribution is -2.53. The highest BCUT2D eigenvalue weighted by atomic mass is 32.2. The Morgan fingerprint density at radius 3 is 2.42 bits per heavy atom. The number of carbonyl (C=O) groups is 3. The van der Waals surface area contributed by atoms with Gasteiger partial charge in [-0.15, -0.1) is 0 Å². The fourth-order valence-corrected chi connectivity index (χ4v) is 3.52. The van der Waals surface area contributed by atoms with Crippen LogP contribution in [0.25, 0.3) is 0 Å². The molecule has 3 N–H and O–H groups in total. The molecule has 0 spiro atoms. The number of nitrogens with one attached hydrogen (secondary N) is 2. The number of amides is 3. The number of aromatic hydroxyl groups is 1. The molecule has 2 unspecified atom stereocenters. The van der Waals surface area contributed by atoms with E-state index in [0.717, 1.165) is 4.90 Å². The molecule has 0 aliphatic rings. The van der Waals surface area contributed by atoms with Crippen LogP contribution in [0.3, 0.4) is 0 Å². The second-order valence-electron chi connectivity index (χ2n) is 8.77. The van der Waals surface area contributed by atoms with Gasteiger partial charge in [0.25, 0.3) is 0 Å². The quantitative estimate of drug-likeness (QED) is 0.441. The minimum absolute atomic E-state index is 0.0787. The molecule has 1 rings (SSSR count). The van der Waals surface area contributed by atoms with Crippen LogP contribution in [0.4, 0.5) is 4.79 Å². The summed E-state index contributed by atoms with van der Waals surface area (Å²) in [5, 5.41) is 24.8. The van der Waals surface area contributed by atoms with Gasteiger partial charge in [-0.3, -0.25) is 9.59 Å². The van der Waals surface area contributed by atoms with Gasteiger partial charge in [0.05, 0.1) is 6.07 Å². The second-order valence-corrected chi connectivity index (χ2v) is 9.75. The van der Waals surface area contributed by atoms with Gasteiger partial charge in [0, 0.05) is 6.04 Å². The zero-order chi connectivity index (χ0) is 25.2. The normalized spacial score (nSPS) is 12.9. The van der Waals surface area contributed by atoms with Gasteiger partial charge in [-0.2, -0.15) is 17.0 Å². The SMILES string of the molecule is CSCCC(NC(=O)OC(C)(C)C)C(=O)N(CC#N)C(C(=O)NC(C)C)c1cccc(O)c1. The van der Waals surface area contributed by atoms with Crippen molar-refractivity contribution < 1.29 is 24.2 Å². The number of nitriles is 1. The lowest BCUT2D eigenvalue weighted by atomic mass is 10.0. The van der Waals surface area contributed by atoms with Crippen LogP contribution < -0.4 is 10.6 Å². The third kappa shape index (κ3) is 9.61. The van der Waals surface area contributed by atoms with E-state index in [2.05, 4.69) is 10.6 Å². The molecule has 9 nitrogen and oxygen atoms in total. The van der Waals surface area contributed by atoms with Crippen LogP contribution in [-0.4, -0.2) is 64.2 Å². The molecule has 33 heavy (non-hydrogen) atoms. The van der Waals surface area contributed by atoms with Gasteiger partial charge in [-0.05, 0) is 70.7 Å². The summed E-state index contributed by atoms with van der Waals surface area (Å²) in [6, 6.07) is 5.51. The molecule has 182 valence electrons. The lowest BCUT2D eigenvalue weighted by Gasteiger charge is -2.33. The summed E-state index contributed by atoms with van der Waals surface area (Å²) in [6.45, 7) is 8.29. The molecule has 10 heteroatoms. The van der Waals surface area contributed by atoms with Gasteiger partial charge >= 0.3 is 6.09 Å². The van der Waals surface area contributed by atoms with Crippen molar-refractivity contribution >= 4 is 29.7 Å². The molecule has 0 heterocycles. The predicted molar refractivity (Wildman–Crippen MR) is 128 cm³/mol. The van der Waals surface area contributed by atoms with Crippen LogP contribution in [0.15, 0.2) is 24.3 Å². The number of carbonyl (C=O) groups excluding carboxylic acids is 3. The molecule has 0 fully saturated rings. The average Bonchev–Trinajstić information content (AvgIpc) is 2.68. The zero-order valence-electron chi connectivity index (χ0n) is 20.0. The number of phenolic OH excluding ortho intramolecular Hbond substituents is 1. The van der Waals surface area contributed by atoms with E-state index < -0.39 is 42.1 Å². The fraction of sp³-hybridized carbons (Fsp3) is 0.565. The van der Waals surface area contributed by atoms with Crippen molar-refractivity contribution in [1.29, 1.82) is 5.26 Å². The van der Waals surface area contributed by atoms with Crippen molar-refractivity contribution in [3.05, 3.63) is 29.8 Å². The van der Waals surface area contributed by atoms with Gasteiger partial charge in [-0.1, -0.05) is 12.1 Å². The number of ether oxygens (including phenoxy) is 1. The number of rotatable bonds is 10. The maximum Gasteiger partial charge on any atom is 0.408 e. The number of benzene rings is 1. The van der Waals surface area contributed by atoms with Crippen molar-refractivity contribution in [2.75, 3.05) is 18.6 Å². The fourth-order valence-electron chi connectivity index (χ4n) is 3.05. The topological polar surface area (TPSA) is 132 Å². The molecule has 0 saturated heterocycles. The molecule has 0 saturated carbocycles. The summed E-state index contributed by atoms with van der Waals surface area (Å²) in [5.74, 6) is -0.615. The van der Waals surface area contributed by atoms with Crippen molar-refractivity contribution in [2.45, 2.75) is 64.8 Å². The van der Waals surface area contributed by atoms with Crippen LogP contribution in [0.5, 0.6) is 5.75 Å². The number of phenols is 1. The molecule has 1 aromatic carbocycles. The standard InChI is InChI=1S/C23H34N4O5S/c1-15(2)25-20(29)19(16-8-7-9-17(28)14-16)27(12-11-24)21(30)18(10-13-33-6)26-22(31)32-23(3,4)5/h7-9,14-15,18-19,28H,10,12-13H2,1-6H3,(H,25,29)(H,26,31). The molecule has 3 amide bonds. The third-order valence-corrected chi connectivity index (χ3v) is 4.94. The smallest absolute Gasteiger partial charge is 0.408 e. The second kappa shape index (κ2) is 12.9. The van der Waals surface area contributed by atoms with Crippen molar-refractivity contribution in [2.24, 2.45) is 0 Å². The molecule has 0 radical (unpaired) electrons.